The molecule has 0 fully saturated rings. The molecule has 0 aliphatic heterocycles. The number of methoxy groups -OCH3 is 1. The number of aryl methyl sites for hydroxylation is 1. The molecule has 0 saturated carbocycles. The number of hydrogen-bond acceptors (Lipinski definition) is 3. The van der Waals surface area contributed by atoms with Gasteiger partial charge in [-0.25, -0.2) is 4.79 Å². The Kier molecular flexibility index (Phi) is 7.14. The van der Waals surface area contributed by atoms with Crippen molar-refractivity contribution < 1.29 is 14.3 Å². The van der Waals surface area contributed by atoms with E-state index in [1.54, 1.807) is 0 Å². The summed E-state index contributed by atoms with van der Waals surface area (Å²) in [4.78, 5) is 12.7. The van der Waals surface area contributed by atoms with Crippen molar-refractivity contribution in [3.63, 3.8) is 0 Å². The Morgan fingerprint density at radius 2 is 1.63 bits per heavy atom. The molecule has 0 aliphatic carbocycles. The molecular formula is C22H26BrIO3. The van der Waals surface area contributed by atoms with Gasteiger partial charge in [0.2, 0.25) is 0 Å². The lowest BCUT2D eigenvalue weighted by atomic mass is 9.88. The SMILES string of the molecule is COC(=O)[C@@H](OC(C)(C)C)c1c(C)c(I)c(Br)c(C)c1-c1ccc(C)cc1. The van der Waals surface area contributed by atoms with Crippen LogP contribution in [0.1, 0.15) is 49.1 Å². The zero-order chi connectivity index (χ0) is 20.5. The van der Waals surface area contributed by atoms with Gasteiger partial charge in [0.1, 0.15) is 0 Å². The van der Waals surface area contributed by atoms with Gasteiger partial charge in [0.15, 0.2) is 6.10 Å². The van der Waals surface area contributed by atoms with Gasteiger partial charge in [0.05, 0.1) is 12.7 Å². The number of carbonyl (C=O) groups excluding carboxylic acids is 1. The Morgan fingerprint density at radius 1 is 1.07 bits per heavy atom. The topological polar surface area (TPSA) is 35.5 Å². The van der Waals surface area contributed by atoms with Gasteiger partial charge < -0.3 is 9.47 Å². The molecular weight excluding hydrogens is 519 g/mol. The first kappa shape index (κ1) is 22.4. The Balaban J connectivity index is 2.86. The molecule has 5 heteroatoms. The minimum Gasteiger partial charge on any atom is -0.467 e. The minimum absolute atomic E-state index is 0.390. The molecule has 2 rings (SSSR count). The molecule has 0 spiro atoms. The third kappa shape index (κ3) is 4.93. The molecule has 0 heterocycles. The van der Waals surface area contributed by atoms with Crippen LogP contribution in [0.15, 0.2) is 28.7 Å². The zero-order valence-corrected chi connectivity index (χ0v) is 20.6. The summed E-state index contributed by atoms with van der Waals surface area (Å²) >= 11 is 6.04. The highest BCUT2D eigenvalue weighted by Crippen LogP contribution is 2.43. The molecule has 0 amide bonds. The first-order valence-corrected chi connectivity index (χ1v) is 10.7. The molecule has 0 N–H and O–H groups in total. The Hall–Kier alpha value is -0.920. The molecule has 0 saturated heterocycles. The molecule has 27 heavy (non-hydrogen) atoms. The molecule has 2 aromatic rings. The average molecular weight is 545 g/mol. The van der Waals surface area contributed by atoms with Gasteiger partial charge in [-0.05, 0) is 102 Å². The number of carbonyl (C=O) groups is 1. The van der Waals surface area contributed by atoms with Crippen LogP contribution in [0.5, 0.6) is 0 Å². The Bertz CT molecular complexity index is 852. The maximum Gasteiger partial charge on any atom is 0.339 e. The van der Waals surface area contributed by atoms with E-state index in [0.29, 0.717) is 0 Å². The predicted molar refractivity (Wildman–Crippen MR) is 122 cm³/mol. The van der Waals surface area contributed by atoms with Crippen LogP contribution in [0.4, 0.5) is 0 Å². The molecule has 146 valence electrons. The lowest BCUT2D eigenvalue weighted by Crippen LogP contribution is -2.29. The first-order chi connectivity index (χ1) is 12.5. The van der Waals surface area contributed by atoms with Crippen molar-refractivity contribution in [3.05, 3.63) is 54.6 Å². The van der Waals surface area contributed by atoms with E-state index in [0.717, 1.165) is 35.9 Å². The fraction of sp³-hybridized carbons (Fsp3) is 0.409. The summed E-state index contributed by atoms with van der Waals surface area (Å²) < 4.78 is 13.4. The van der Waals surface area contributed by atoms with E-state index >= 15 is 0 Å². The minimum atomic E-state index is -0.799. The third-order valence-electron chi connectivity index (χ3n) is 4.39. The van der Waals surface area contributed by atoms with E-state index in [2.05, 4.69) is 76.6 Å². The van der Waals surface area contributed by atoms with E-state index in [4.69, 9.17) is 9.47 Å². The first-order valence-electron chi connectivity index (χ1n) is 8.78. The summed E-state index contributed by atoms with van der Waals surface area (Å²) in [5.74, 6) is -0.390. The molecule has 0 radical (unpaired) electrons. The summed E-state index contributed by atoms with van der Waals surface area (Å²) in [5, 5.41) is 0. The van der Waals surface area contributed by atoms with Crippen molar-refractivity contribution in [1.82, 2.24) is 0 Å². The van der Waals surface area contributed by atoms with Crippen LogP contribution >= 0.6 is 38.5 Å². The monoisotopic (exact) mass is 544 g/mol. The number of benzene rings is 2. The van der Waals surface area contributed by atoms with E-state index in [9.17, 15) is 4.79 Å². The van der Waals surface area contributed by atoms with Crippen molar-refractivity contribution in [1.29, 1.82) is 0 Å². The van der Waals surface area contributed by atoms with Gasteiger partial charge in [-0.1, -0.05) is 29.8 Å². The summed E-state index contributed by atoms with van der Waals surface area (Å²) in [5.41, 5.74) is 5.72. The molecule has 0 bridgehead atoms. The maximum absolute atomic E-state index is 12.7. The molecule has 1 atom stereocenters. The lowest BCUT2D eigenvalue weighted by molar-refractivity contribution is -0.164. The van der Waals surface area contributed by atoms with E-state index in [1.807, 2.05) is 27.7 Å². The maximum atomic E-state index is 12.7. The summed E-state index contributed by atoms with van der Waals surface area (Å²) in [7, 11) is 1.40. The second kappa shape index (κ2) is 8.62. The van der Waals surface area contributed by atoms with Crippen molar-refractivity contribution in [2.24, 2.45) is 0 Å². The summed E-state index contributed by atoms with van der Waals surface area (Å²) in [6, 6.07) is 8.34. The van der Waals surface area contributed by atoms with Gasteiger partial charge in [0.25, 0.3) is 0 Å². The fourth-order valence-electron chi connectivity index (χ4n) is 3.05. The van der Waals surface area contributed by atoms with Crippen molar-refractivity contribution >= 4 is 44.5 Å². The second-order valence-electron chi connectivity index (χ2n) is 7.67. The summed E-state index contributed by atoms with van der Waals surface area (Å²) in [6.45, 7) is 12.0. The molecule has 2 aromatic carbocycles. The second-order valence-corrected chi connectivity index (χ2v) is 9.54. The highest BCUT2D eigenvalue weighted by atomic mass is 127. The molecule has 0 unspecified atom stereocenters. The number of halogens is 2. The van der Waals surface area contributed by atoms with Gasteiger partial charge >= 0.3 is 5.97 Å². The zero-order valence-electron chi connectivity index (χ0n) is 16.9. The number of rotatable bonds is 4. The lowest BCUT2D eigenvalue weighted by Gasteiger charge is -2.30. The van der Waals surface area contributed by atoms with E-state index in [-0.39, 0.29) is 5.97 Å². The highest BCUT2D eigenvalue weighted by molar-refractivity contribution is 14.1. The van der Waals surface area contributed by atoms with Crippen molar-refractivity contribution in [3.8, 4) is 11.1 Å². The van der Waals surface area contributed by atoms with Gasteiger partial charge in [-0.2, -0.15) is 0 Å². The van der Waals surface area contributed by atoms with Crippen LogP contribution in [-0.4, -0.2) is 18.7 Å². The van der Waals surface area contributed by atoms with Crippen LogP contribution in [0, 0.1) is 24.3 Å². The summed E-state index contributed by atoms with van der Waals surface area (Å²) in [6.07, 6.45) is -0.799. The van der Waals surface area contributed by atoms with E-state index < -0.39 is 11.7 Å². The van der Waals surface area contributed by atoms with Crippen molar-refractivity contribution in [2.75, 3.05) is 7.11 Å². The average Bonchev–Trinajstić information content (AvgIpc) is 2.60. The van der Waals surface area contributed by atoms with Gasteiger partial charge in [-0.15, -0.1) is 0 Å². The number of ether oxygens (including phenoxy) is 2. The normalized spacial score (nSPS) is 12.8. The predicted octanol–water partition coefficient (Wildman–Crippen LogP) is 6.68. The molecule has 0 aromatic heterocycles. The number of hydrogen-bond donors (Lipinski definition) is 0. The number of esters is 1. The fourth-order valence-corrected chi connectivity index (χ4v) is 4.24. The quantitative estimate of drug-likeness (QED) is 0.318. The van der Waals surface area contributed by atoms with Crippen LogP contribution in [0.3, 0.4) is 0 Å². The van der Waals surface area contributed by atoms with E-state index in [1.165, 1.54) is 12.7 Å². The van der Waals surface area contributed by atoms with Crippen LogP contribution in [0.2, 0.25) is 0 Å². The van der Waals surface area contributed by atoms with Crippen LogP contribution in [-0.2, 0) is 14.3 Å². The van der Waals surface area contributed by atoms with Crippen LogP contribution in [0.25, 0.3) is 11.1 Å². The third-order valence-corrected chi connectivity index (χ3v) is 7.47. The molecule has 3 nitrogen and oxygen atoms in total. The Morgan fingerprint density at radius 3 is 2.11 bits per heavy atom. The van der Waals surface area contributed by atoms with Crippen molar-refractivity contribution in [2.45, 2.75) is 53.2 Å². The van der Waals surface area contributed by atoms with Gasteiger partial charge in [0, 0.05) is 13.6 Å². The smallest absolute Gasteiger partial charge is 0.339 e. The largest absolute Gasteiger partial charge is 0.467 e. The van der Waals surface area contributed by atoms with Crippen LogP contribution < -0.4 is 0 Å². The highest BCUT2D eigenvalue weighted by Gasteiger charge is 2.33. The Labute approximate surface area is 184 Å². The van der Waals surface area contributed by atoms with Gasteiger partial charge in [-0.3, -0.25) is 0 Å². The standard InChI is InChI=1S/C22H26BrIO3/c1-12-8-10-15(11-9-12)16-13(2)18(23)19(24)14(3)17(16)20(21(25)26-7)27-22(4,5)6/h8-11,20H,1-7H3/t20-/m0/s1. The molecule has 0 aliphatic rings.